The summed E-state index contributed by atoms with van der Waals surface area (Å²) in [6.45, 7) is 1.30. The van der Waals surface area contributed by atoms with Gasteiger partial charge in [-0.1, -0.05) is 17.4 Å². The summed E-state index contributed by atoms with van der Waals surface area (Å²) < 4.78 is 40.3. The molecule has 0 amide bonds. The third-order valence-corrected chi connectivity index (χ3v) is 5.27. The average Bonchev–Trinajstić information content (AvgIpc) is 3.22. The maximum atomic E-state index is 12.8. The lowest BCUT2D eigenvalue weighted by atomic mass is 9.97. The second kappa shape index (κ2) is 5.73. The predicted octanol–water partition coefficient (Wildman–Crippen LogP) is 3.59. The van der Waals surface area contributed by atoms with Crippen LogP contribution >= 0.6 is 11.3 Å². The van der Waals surface area contributed by atoms with Gasteiger partial charge in [0, 0.05) is 25.2 Å². The van der Waals surface area contributed by atoms with Gasteiger partial charge in [0.2, 0.25) is 0 Å². The van der Waals surface area contributed by atoms with Crippen LogP contribution in [0.25, 0.3) is 5.65 Å². The van der Waals surface area contributed by atoms with Crippen molar-refractivity contribution in [2.24, 2.45) is 0 Å². The van der Waals surface area contributed by atoms with E-state index in [-0.39, 0.29) is 5.92 Å². The molecule has 4 heterocycles. The molecular formula is C15H14F3N5S. The van der Waals surface area contributed by atoms with Gasteiger partial charge in [-0.15, -0.1) is 10.2 Å². The molecular weight excluding hydrogens is 339 g/mol. The first kappa shape index (κ1) is 15.4. The molecule has 0 saturated carbocycles. The lowest BCUT2D eigenvalue weighted by Gasteiger charge is -2.31. The number of thiazole rings is 1. The van der Waals surface area contributed by atoms with Crippen LogP contribution < -0.4 is 4.90 Å². The van der Waals surface area contributed by atoms with Gasteiger partial charge >= 0.3 is 6.18 Å². The molecule has 4 rings (SSSR count). The number of pyridine rings is 1. The fraction of sp³-hybridized carbons (Fsp3) is 0.400. The van der Waals surface area contributed by atoms with E-state index < -0.39 is 11.1 Å². The number of hydrogen-bond donors (Lipinski definition) is 0. The van der Waals surface area contributed by atoms with Crippen LogP contribution in [0.1, 0.15) is 29.5 Å². The third-order valence-electron chi connectivity index (χ3n) is 4.17. The zero-order valence-corrected chi connectivity index (χ0v) is 13.4. The van der Waals surface area contributed by atoms with Crippen molar-refractivity contribution < 1.29 is 13.2 Å². The van der Waals surface area contributed by atoms with Gasteiger partial charge in [-0.25, -0.2) is 4.98 Å². The Morgan fingerprint density at radius 3 is 2.88 bits per heavy atom. The van der Waals surface area contributed by atoms with Crippen molar-refractivity contribution in [3.8, 4) is 0 Å². The molecule has 1 fully saturated rings. The Kier molecular flexibility index (Phi) is 3.67. The Morgan fingerprint density at radius 1 is 1.21 bits per heavy atom. The molecule has 1 aliphatic rings. The van der Waals surface area contributed by atoms with Gasteiger partial charge in [-0.3, -0.25) is 4.40 Å². The second-order valence-corrected chi connectivity index (χ2v) is 6.79. The van der Waals surface area contributed by atoms with E-state index in [9.17, 15) is 13.2 Å². The van der Waals surface area contributed by atoms with Crippen molar-refractivity contribution in [1.29, 1.82) is 0 Å². The van der Waals surface area contributed by atoms with Gasteiger partial charge in [0.05, 0.1) is 6.20 Å². The van der Waals surface area contributed by atoms with Gasteiger partial charge in [0.1, 0.15) is 10.7 Å². The van der Waals surface area contributed by atoms with Crippen molar-refractivity contribution in [3.05, 3.63) is 41.3 Å². The molecule has 1 unspecified atom stereocenters. The quantitative estimate of drug-likeness (QED) is 0.706. The number of nitrogens with zero attached hydrogens (tertiary/aromatic N) is 5. The number of piperidine rings is 1. The van der Waals surface area contributed by atoms with E-state index in [1.54, 1.807) is 0 Å². The van der Waals surface area contributed by atoms with E-state index in [0.717, 1.165) is 30.5 Å². The highest BCUT2D eigenvalue weighted by atomic mass is 32.1. The smallest absolute Gasteiger partial charge is 0.347 e. The lowest BCUT2D eigenvalue weighted by Crippen LogP contribution is -2.35. The molecule has 1 atom stereocenters. The summed E-state index contributed by atoms with van der Waals surface area (Å²) in [5, 5.41) is 8.86. The van der Waals surface area contributed by atoms with E-state index in [1.807, 2.05) is 33.7 Å². The number of alkyl halides is 3. The van der Waals surface area contributed by atoms with E-state index >= 15 is 0 Å². The van der Waals surface area contributed by atoms with E-state index in [1.165, 1.54) is 0 Å². The number of aromatic nitrogens is 4. The van der Waals surface area contributed by atoms with E-state index in [2.05, 4.69) is 15.2 Å². The van der Waals surface area contributed by atoms with Gasteiger partial charge in [-0.05, 0) is 25.0 Å². The first-order valence-corrected chi connectivity index (χ1v) is 8.41. The average molecular weight is 353 g/mol. The van der Waals surface area contributed by atoms with E-state index in [0.29, 0.717) is 29.6 Å². The summed E-state index contributed by atoms with van der Waals surface area (Å²) in [5.41, 5.74) is 0.776. The predicted molar refractivity (Wildman–Crippen MR) is 84.3 cm³/mol. The van der Waals surface area contributed by atoms with Crippen LogP contribution in [0.2, 0.25) is 0 Å². The Balaban J connectivity index is 1.59. The fourth-order valence-corrected chi connectivity index (χ4v) is 3.86. The van der Waals surface area contributed by atoms with Crippen molar-refractivity contribution in [1.82, 2.24) is 19.6 Å². The molecule has 0 N–H and O–H groups in total. The molecule has 3 aromatic heterocycles. The second-order valence-electron chi connectivity index (χ2n) is 5.78. The Morgan fingerprint density at radius 2 is 2.08 bits per heavy atom. The summed E-state index contributed by atoms with van der Waals surface area (Å²) >= 11 is 0.696. The maximum Gasteiger partial charge on any atom is 0.427 e. The highest BCUT2D eigenvalue weighted by molar-refractivity contribution is 7.15. The minimum absolute atomic E-state index is 0.120. The number of hydrogen-bond acceptors (Lipinski definition) is 5. The normalized spacial score (nSPS) is 19.1. The molecule has 3 aromatic rings. The van der Waals surface area contributed by atoms with Gasteiger partial charge in [0.25, 0.3) is 0 Å². The SMILES string of the molecule is FC(F)(F)c1cnc(N2CCCC(c3nnc4ccccn34)C2)s1. The zero-order valence-electron chi connectivity index (χ0n) is 12.6. The van der Waals surface area contributed by atoms with Crippen LogP contribution in [0.15, 0.2) is 30.6 Å². The summed E-state index contributed by atoms with van der Waals surface area (Å²) in [6, 6.07) is 5.69. The maximum absolute atomic E-state index is 12.8. The summed E-state index contributed by atoms with van der Waals surface area (Å²) in [4.78, 5) is 5.22. The topological polar surface area (TPSA) is 46.3 Å². The summed E-state index contributed by atoms with van der Waals surface area (Å²) in [5.74, 6) is 0.970. The fourth-order valence-electron chi connectivity index (χ4n) is 3.04. The molecule has 0 bridgehead atoms. The highest BCUT2D eigenvalue weighted by Gasteiger charge is 2.35. The third kappa shape index (κ3) is 2.72. The number of anilines is 1. The molecule has 24 heavy (non-hydrogen) atoms. The van der Waals surface area contributed by atoms with Crippen molar-refractivity contribution in [2.75, 3.05) is 18.0 Å². The minimum Gasteiger partial charge on any atom is -0.347 e. The minimum atomic E-state index is -4.34. The monoisotopic (exact) mass is 353 g/mol. The van der Waals surface area contributed by atoms with Gasteiger partial charge in [-0.2, -0.15) is 13.2 Å². The van der Waals surface area contributed by atoms with Crippen LogP contribution in [0.4, 0.5) is 18.3 Å². The zero-order chi connectivity index (χ0) is 16.7. The van der Waals surface area contributed by atoms with Crippen LogP contribution in [0, 0.1) is 0 Å². The van der Waals surface area contributed by atoms with Gasteiger partial charge in [0.15, 0.2) is 10.8 Å². The number of rotatable bonds is 2. The first-order chi connectivity index (χ1) is 11.5. The van der Waals surface area contributed by atoms with Crippen molar-refractivity contribution in [3.63, 3.8) is 0 Å². The molecule has 126 valence electrons. The number of fused-ring (bicyclic) bond motifs is 1. The molecule has 0 spiro atoms. The van der Waals surface area contributed by atoms with Crippen LogP contribution in [0.3, 0.4) is 0 Å². The summed E-state index contributed by atoms with van der Waals surface area (Å²) in [7, 11) is 0. The van der Waals surface area contributed by atoms with E-state index in [4.69, 9.17) is 0 Å². The Bertz CT molecular complexity index is 856. The molecule has 0 aromatic carbocycles. The first-order valence-electron chi connectivity index (χ1n) is 7.60. The highest BCUT2D eigenvalue weighted by Crippen LogP contribution is 2.38. The van der Waals surface area contributed by atoms with Gasteiger partial charge < -0.3 is 4.90 Å². The van der Waals surface area contributed by atoms with Crippen molar-refractivity contribution in [2.45, 2.75) is 24.9 Å². The molecule has 1 saturated heterocycles. The van der Waals surface area contributed by atoms with Crippen molar-refractivity contribution >= 4 is 22.1 Å². The Hall–Kier alpha value is -2.16. The summed E-state index contributed by atoms with van der Waals surface area (Å²) in [6.07, 6.45) is 0.302. The molecule has 5 nitrogen and oxygen atoms in total. The standard InChI is InChI=1S/C15H14F3N5S/c16-15(17,18)11-8-19-14(24-11)22-6-3-4-10(9-22)13-21-20-12-5-1-2-7-23(12)13/h1-2,5,7-8,10H,3-4,6,9H2. The van der Waals surface area contributed by atoms with Crippen LogP contribution in [-0.4, -0.2) is 32.7 Å². The molecule has 0 aliphatic carbocycles. The number of halogens is 3. The molecule has 1 aliphatic heterocycles. The molecule has 0 radical (unpaired) electrons. The Labute approximate surface area is 139 Å². The van der Waals surface area contributed by atoms with Crippen LogP contribution in [0.5, 0.6) is 0 Å². The largest absolute Gasteiger partial charge is 0.427 e. The lowest BCUT2D eigenvalue weighted by molar-refractivity contribution is -0.134. The molecule has 9 heteroatoms. The van der Waals surface area contributed by atoms with Crippen LogP contribution in [-0.2, 0) is 6.18 Å².